The lowest BCUT2D eigenvalue weighted by Gasteiger charge is -2.14. The molecule has 0 bridgehead atoms. The number of amides is 4. The Hall–Kier alpha value is -1.99. The molecule has 0 saturated heterocycles. The number of carboxylic acids is 1. The lowest BCUT2D eigenvalue weighted by molar-refractivity contribution is -0.138. The average molecular weight is 260 g/mol. The molecule has 8 nitrogen and oxygen atoms in total. The van der Waals surface area contributed by atoms with Gasteiger partial charge in [0.2, 0.25) is 0 Å². The summed E-state index contributed by atoms with van der Waals surface area (Å²) in [6, 6.07) is -1.05. The number of hydrogen-bond donors (Lipinski definition) is 5. The van der Waals surface area contributed by atoms with Gasteiger partial charge < -0.3 is 26.8 Å². The fraction of sp³-hybridized carbons (Fsp3) is 0.700. The topological polar surface area (TPSA) is 134 Å². The van der Waals surface area contributed by atoms with Gasteiger partial charge in [-0.2, -0.15) is 0 Å². The summed E-state index contributed by atoms with van der Waals surface area (Å²) in [6.07, 6.45) is 0.704. The maximum atomic E-state index is 11.3. The number of urea groups is 2. The van der Waals surface area contributed by atoms with Crippen LogP contribution >= 0.6 is 0 Å². The van der Waals surface area contributed by atoms with E-state index in [1.54, 1.807) is 0 Å². The Morgan fingerprint density at radius 1 is 1.17 bits per heavy atom. The minimum atomic E-state index is -0.880. The molecule has 1 unspecified atom stereocenters. The molecular weight excluding hydrogens is 240 g/mol. The molecule has 0 aliphatic carbocycles. The zero-order chi connectivity index (χ0) is 14.0. The molecule has 4 amide bonds. The Balaban J connectivity index is 3.67. The third-order valence-electron chi connectivity index (χ3n) is 2.30. The van der Waals surface area contributed by atoms with Crippen molar-refractivity contribution in [1.82, 2.24) is 16.0 Å². The van der Waals surface area contributed by atoms with Gasteiger partial charge in [-0.15, -0.1) is 0 Å². The monoisotopic (exact) mass is 260 g/mol. The van der Waals surface area contributed by atoms with Gasteiger partial charge in [0.15, 0.2) is 0 Å². The van der Waals surface area contributed by atoms with Crippen molar-refractivity contribution in [2.75, 3.05) is 19.6 Å². The van der Waals surface area contributed by atoms with Crippen LogP contribution in [-0.2, 0) is 4.79 Å². The van der Waals surface area contributed by atoms with Crippen LogP contribution in [0.25, 0.3) is 0 Å². The highest BCUT2D eigenvalue weighted by molar-refractivity contribution is 5.74. The number of carbonyl (C=O) groups is 3. The molecule has 0 saturated carbocycles. The largest absolute Gasteiger partial charge is 0.481 e. The molecule has 0 radical (unpaired) electrons. The van der Waals surface area contributed by atoms with Gasteiger partial charge in [0.1, 0.15) is 0 Å². The highest BCUT2D eigenvalue weighted by Gasteiger charge is 2.12. The van der Waals surface area contributed by atoms with Gasteiger partial charge in [-0.3, -0.25) is 4.79 Å². The highest BCUT2D eigenvalue weighted by Crippen LogP contribution is 2.06. The van der Waals surface area contributed by atoms with Gasteiger partial charge in [-0.05, 0) is 5.92 Å². The first-order valence-electron chi connectivity index (χ1n) is 5.72. The lowest BCUT2D eigenvalue weighted by Crippen LogP contribution is -2.42. The molecular formula is C10H20N4O4. The van der Waals surface area contributed by atoms with Gasteiger partial charge >= 0.3 is 18.0 Å². The van der Waals surface area contributed by atoms with E-state index in [0.29, 0.717) is 13.0 Å². The molecule has 0 spiro atoms. The molecule has 0 aliphatic rings. The van der Waals surface area contributed by atoms with Crippen molar-refractivity contribution >= 4 is 18.0 Å². The maximum Gasteiger partial charge on any atom is 0.314 e. The molecule has 0 aromatic rings. The summed E-state index contributed by atoms with van der Waals surface area (Å²) < 4.78 is 0. The van der Waals surface area contributed by atoms with Crippen molar-refractivity contribution < 1.29 is 19.5 Å². The Morgan fingerprint density at radius 2 is 1.78 bits per heavy atom. The Labute approximate surface area is 105 Å². The van der Waals surface area contributed by atoms with Crippen LogP contribution in [0.4, 0.5) is 9.59 Å². The summed E-state index contributed by atoms with van der Waals surface area (Å²) in [7, 11) is 0. The van der Waals surface area contributed by atoms with Crippen LogP contribution < -0.4 is 21.7 Å². The van der Waals surface area contributed by atoms with Crippen molar-refractivity contribution in [3.63, 3.8) is 0 Å². The average Bonchev–Trinajstić information content (AvgIpc) is 2.29. The first-order chi connectivity index (χ1) is 8.45. The summed E-state index contributed by atoms with van der Waals surface area (Å²) in [6.45, 7) is 2.67. The minimum Gasteiger partial charge on any atom is -0.481 e. The van der Waals surface area contributed by atoms with Crippen LogP contribution in [0, 0.1) is 5.92 Å². The number of hydrogen-bond acceptors (Lipinski definition) is 3. The van der Waals surface area contributed by atoms with E-state index in [-0.39, 0.29) is 25.4 Å². The molecule has 0 rings (SSSR count). The fourth-order valence-electron chi connectivity index (χ4n) is 1.27. The quantitative estimate of drug-likeness (QED) is 0.374. The SMILES string of the molecule is CCC(CNC(=O)NCCNC(N)=O)CC(=O)O. The zero-order valence-corrected chi connectivity index (χ0v) is 10.4. The number of nitrogens with one attached hydrogen (secondary N) is 3. The second-order valence-corrected chi connectivity index (χ2v) is 3.80. The van der Waals surface area contributed by atoms with Crippen molar-refractivity contribution in [2.45, 2.75) is 19.8 Å². The van der Waals surface area contributed by atoms with E-state index in [1.807, 2.05) is 6.92 Å². The normalized spacial score (nSPS) is 11.4. The van der Waals surface area contributed by atoms with Crippen molar-refractivity contribution in [3.05, 3.63) is 0 Å². The van der Waals surface area contributed by atoms with E-state index in [0.717, 1.165) is 0 Å². The number of primary amides is 1. The fourth-order valence-corrected chi connectivity index (χ4v) is 1.27. The number of rotatable bonds is 8. The Kier molecular flexibility index (Phi) is 8.08. The van der Waals surface area contributed by atoms with Gasteiger partial charge in [0, 0.05) is 26.1 Å². The van der Waals surface area contributed by atoms with Gasteiger partial charge in [-0.1, -0.05) is 13.3 Å². The summed E-state index contributed by atoms with van der Waals surface area (Å²) in [5, 5.41) is 16.0. The number of aliphatic carboxylic acids is 1. The molecule has 18 heavy (non-hydrogen) atoms. The first kappa shape index (κ1) is 16.0. The molecule has 104 valence electrons. The molecule has 8 heteroatoms. The summed E-state index contributed by atoms with van der Waals surface area (Å²) in [5.74, 6) is -0.966. The number of nitrogens with two attached hydrogens (primary N) is 1. The molecule has 0 fully saturated rings. The van der Waals surface area contributed by atoms with Crippen LogP contribution in [0.5, 0.6) is 0 Å². The second kappa shape index (κ2) is 9.08. The molecule has 6 N–H and O–H groups in total. The van der Waals surface area contributed by atoms with Crippen LogP contribution in [0.1, 0.15) is 19.8 Å². The Morgan fingerprint density at radius 3 is 2.28 bits per heavy atom. The van der Waals surface area contributed by atoms with E-state index < -0.39 is 18.0 Å². The van der Waals surface area contributed by atoms with Gasteiger partial charge in [0.25, 0.3) is 0 Å². The first-order valence-corrected chi connectivity index (χ1v) is 5.72. The van der Waals surface area contributed by atoms with E-state index in [9.17, 15) is 14.4 Å². The molecule has 0 aromatic heterocycles. The van der Waals surface area contributed by atoms with Crippen LogP contribution in [0.3, 0.4) is 0 Å². The zero-order valence-electron chi connectivity index (χ0n) is 10.4. The predicted molar refractivity (Wildman–Crippen MR) is 65.0 cm³/mol. The van der Waals surface area contributed by atoms with Gasteiger partial charge in [-0.25, -0.2) is 9.59 Å². The summed E-state index contributed by atoms with van der Waals surface area (Å²) in [4.78, 5) is 32.1. The van der Waals surface area contributed by atoms with E-state index in [1.165, 1.54) is 0 Å². The Bertz CT molecular complexity index is 296. The van der Waals surface area contributed by atoms with Crippen LogP contribution in [-0.4, -0.2) is 42.8 Å². The third kappa shape index (κ3) is 9.25. The third-order valence-corrected chi connectivity index (χ3v) is 2.30. The van der Waals surface area contributed by atoms with Crippen LogP contribution in [0.15, 0.2) is 0 Å². The number of carboxylic acid groups (broad SMARTS) is 1. The van der Waals surface area contributed by atoms with Gasteiger partial charge in [0.05, 0.1) is 0 Å². The predicted octanol–water partition coefficient (Wildman–Crippen LogP) is -0.545. The smallest absolute Gasteiger partial charge is 0.314 e. The minimum absolute atomic E-state index is 0.0278. The standard InChI is InChI=1S/C10H20N4O4/c1-2-7(5-8(15)16)6-14-10(18)13-4-3-12-9(11)17/h7H,2-6H2,1H3,(H,15,16)(H3,11,12,17)(H2,13,14,18). The summed E-state index contributed by atoms with van der Waals surface area (Å²) >= 11 is 0. The van der Waals surface area contributed by atoms with Crippen molar-refractivity contribution in [2.24, 2.45) is 11.7 Å². The van der Waals surface area contributed by atoms with E-state index in [2.05, 4.69) is 16.0 Å². The molecule has 0 heterocycles. The van der Waals surface area contributed by atoms with E-state index >= 15 is 0 Å². The molecule has 1 atom stereocenters. The maximum absolute atomic E-state index is 11.3. The van der Waals surface area contributed by atoms with E-state index in [4.69, 9.17) is 10.8 Å². The second-order valence-electron chi connectivity index (χ2n) is 3.80. The summed E-state index contributed by atoms with van der Waals surface area (Å²) in [5.41, 5.74) is 4.84. The van der Waals surface area contributed by atoms with Crippen LogP contribution in [0.2, 0.25) is 0 Å². The van der Waals surface area contributed by atoms with Crippen molar-refractivity contribution in [3.8, 4) is 0 Å². The van der Waals surface area contributed by atoms with Crippen molar-refractivity contribution in [1.29, 1.82) is 0 Å². The molecule has 0 aromatic carbocycles. The lowest BCUT2D eigenvalue weighted by atomic mass is 10.0. The highest BCUT2D eigenvalue weighted by atomic mass is 16.4. The molecule has 0 aliphatic heterocycles. The number of carbonyl (C=O) groups excluding carboxylic acids is 2.